The smallest absolute Gasteiger partial charge is 0.278 e. The maximum absolute atomic E-state index is 13.2. The summed E-state index contributed by atoms with van der Waals surface area (Å²) >= 11 is 6.18. The van der Waals surface area contributed by atoms with Crippen LogP contribution in [0.1, 0.15) is 29.2 Å². The number of aryl methyl sites for hydroxylation is 1. The number of carbonyl (C=O) groups is 2. The zero-order valence-electron chi connectivity index (χ0n) is 16.8. The second-order valence-electron chi connectivity index (χ2n) is 7.58. The van der Waals surface area contributed by atoms with Crippen molar-refractivity contribution < 1.29 is 9.59 Å². The van der Waals surface area contributed by atoms with Gasteiger partial charge in [-0.3, -0.25) is 19.5 Å². The fourth-order valence-electron chi connectivity index (χ4n) is 4.11. The molecule has 156 valence electrons. The Morgan fingerprint density at radius 1 is 1.06 bits per heavy atom. The van der Waals surface area contributed by atoms with Crippen LogP contribution in [0.15, 0.2) is 47.3 Å². The van der Waals surface area contributed by atoms with Gasteiger partial charge in [0.15, 0.2) is 0 Å². The van der Waals surface area contributed by atoms with Crippen molar-refractivity contribution in [3.8, 4) is 5.95 Å². The van der Waals surface area contributed by atoms with E-state index < -0.39 is 17.4 Å². The van der Waals surface area contributed by atoms with Crippen molar-refractivity contribution >= 4 is 40.1 Å². The quantitative estimate of drug-likeness (QED) is 0.481. The first kappa shape index (κ1) is 19.3. The number of benzene rings is 2. The summed E-state index contributed by atoms with van der Waals surface area (Å²) in [7, 11) is 0. The van der Waals surface area contributed by atoms with Gasteiger partial charge in [0, 0.05) is 17.1 Å². The molecular weight excluding hydrogens is 418 g/mol. The Morgan fingerprint density at radius 2 is 1.84 bits per heavy atom. The zero-order valence-corrected chi connectivity index (χ0v) is 17.5. The summed E-state index contributed by atoms with van der Waals surface area (Å²) in [6, 6.07) is 12.5. The molecule has 2 aromatic carbocycles. The van der Waals surface area contributed by atoms with Crippen LogP contribution in [-0.4, -0.2) is 31.6 Å². The molecule has 9 heteroatoms. The third-order valence-corrected chi connectivity index (χ3v) is 6.09. The molecule has 1 fully saturated rings. The van der Waals surface area contributed by atoms with Crippen molar-refractivity contribution in [3.05, 3.63) is 74.7 Å². The van der Waals surface area contributed by atoms with Crippen LogP contribution < -0.4 is 10.5 Å². The van der Waals surface area contributed by atoms with Gasteiger partial charge in [-0.25, -0.2) is 9.88 Å². The first-order valence-corrected chi connectivity index (χ1v) is 10.1. The number of imide groups is 1. The number of carbonyl (C=O) groups excluding carboxylic acids is 2. The molecule has 5 rings (SSSR count). The number of H-pyrrole nitrogens is 2. The number of hydrogen-bond donors (Lipinski definition) is 2. The van der Waals surface area contributed by atoms with Gasteiger partial charge < -0.3 is 4.98 Å². The lowest BCUT2D eigenvalue weighted by molar-refractivity contribution is -0.121. The van der Waals surface area contributed by atoms with E-state index in [1.165, 1.54) is 4.68 Å². The van der Waals surface area contributed by atoms with Gasteiger partial charge in [0.2, 0.25) is 17.8 Å². The third-order valence-electron chi connectivity index (χ3n) is 5.68. The molecule has 1 aliphatic heterocycles. The number of aromatic nitrogens is 4. The molecule has 0 radical (unpaired) electrons. The first-order valence-electron chi connectivity index (χ1n) is 9.75. The maximum atomic E-state index is 13.2. The van der Waals surface area contributed by atoms with Crippen LogP contribution in [0.25, 0.3) is 17.0 Å². The number of aromatic amines is 2. The highest BCUT2D eigenvalue weighted by atomic mass is 35.5. The second-order valence-corrected chi connectivity index (χ2v) is 7.98. The number of rotatable bonds is 3. The highest BCUT2D eigenvalue weighted by Gasteiger charge is 2.43. The minimum Gasteiger partial charge on any atom is -0.322 e. The molecule has 2 amide bonds. The Kier molecular flexibility index (Phi) is 4.33. The molecule has 0 saturated carbocycles. The van der Waals surface area contributed by atoms with Crippen LogP contribution in [-0.2, 0) is 9.59 Å². The van der Waals surface area contributed by atoms with Crippen molar-refractivity contribution in [1.82, 2.24) is 19.7 Å². The van der Waals surface area contributed by atoms with Crippen molar-refractivity contribution in [2.75, 3.05) is 4.90 Å². The fraction of sp³-hybridized carbons (Fsp3) is 0.182. The van der Waals surface area contributed by atoms with Gasteiger partial charge in [0.25, 0.3) is 5.56 Å². The highest BCUT2D eigenvalue weighted by molar-refractivity contribution is 6.32. The molecule has 1 aliphatic rings. The monoisotopic (exact) mass is 435 g/mol. The van der Waals surface area contributed by atoms with E-state index in [9.17, 15) is 14.4 Å². The Hall–Kier alpha value is -3.65. The van der Waals surface area contributed by atoms with Crippen molar-refractivity contribution in [3.63, 3.8) is 0 Å². The summed E-state index contributed by atoms with van der Waals surface area (Å²) in [6.45, 7) is 3.46. The number of imidazole rings is 1. The number of nitrogens with one attached hydrogen (secondary N) is 2. The average molecular weight is 436 g/mol. The summed E-state index contributed by atoms with van der Waals surface area (Å²) < 4.78 is 1.27. The van der Waals surface area contributed by atoms with E-state index in [1.54, 1.807) is 32.0 Å². The van der Waals surface area contributed by atoms with Gasteiger partial charge in [-0.2, -0.15) is 4.68 Å². The number of para-hydroxylation sites is 2. The molecule has 8 nitrogen and oxygen atoms in total. The topological polar surface area (TPSA) is 104 Å². The number of anilines is 1. The standard InChI is InChI=1S/C22H18ClN5O3/c1-11-14(23)6-5-9-17(11)27-18(29)10-13(20(27)30)19-12(2)26-28(21(19)31)22-24-15-7-3-4-8-16(15)25-22/h3-9,13,26H,10H2,1-2H3,(H,24,25)/t13-/m0/s1. The molecule has 0 aliphatic carbocycles. The van der Waals surface area contributed by atoms with E-state index in [0.29, 0.717) is 33.4 Å². The predicted octanol–water partition coefficient (Wildman–Crippen LogP) is 3.36. The van der Waals surface area contributed by atoms with Crippen molar-refractivity contribution in [2.24, 2.45) is 0 Å². The summed E-state index contributed by atoms with van der Waals surface area (Å²) in [5.74, 6) is -1.36. The van der Waals surface area contributed by atoms with Gasteiger partial charge >= 0.3 is 0 Å². The van der Waals surface area contributed by atoms with Crippen LogP contribution in [0.4, 0.5) is 5.69 Å². The van der Waals surface area contributed by atoms with Crippen molar-refractivity contribution in [2.45, 2.75) is 26.2 Å². The lowest BCUT2D eigenvalue weighted by Gasteiger charge is -2.18. The Balaban J connectivity index is 1.57. The number of fused-ring (bicyclic) bond motifs is 1. The normalized spacial score (nSPS) is 16.6. The summed E-state index contributed by atoms with van der Waals surface area (Å²) in [5.41, 5.74) is 2.95. The largest absolute Gasteiger partial charge is 0.322 e. The molecule has 1 saturated heterocycles. The first-order chi connectivity index (χ1) is 14.9. The predicted molar refractivity (Wildman–Crippen MR) is 117 cm³/mol. The van der Waals surface area contributed by atoms with Gasteiger partial charge in [0.05, 0.1) is 28.2 Å². The molecule has 0 bridgehead atoms. The Morgan fingerprint density at radius 3 is 2.61 bits per heavy atom. The SMILES string of the molecule is Cc1[nH]n(-c2nc3ccccc3[nH]2)c(=O)c1[C@@H]1CC(=O)N(c2cccc(Cl)c2C)C1=O. The molecule has 3 heterocycles. The van der Waals surface area contributed by atoms with Crippen LogP contribution in [0.3, 0.4) is 0 Å². The van der Waals surface area contributed by atoms with Crippen LogP contribution >= 0.6 is 11.6 Å². The van der Waals surface area contributed by atoms with E-state index in [0.717, 1.165) is 10.4 Å². The van der Waals surface area contributed by atoms with Crippen LogP contribution in [0.5, 0.6) is 0 Å². The van der Waals surface area contributed by atoms with E-state index in [-0.39, 0.29) is 17.9 Å². The lowest BCUT2D eigenvalue weighted by atomic mass is 9.98. The molecule has 2 N–H and O–H groups in total. The number of hydrogen-bond acceptors (Lipinski definition) is 4. The maximum Gasteiger partial charge on any atom is 0.278 e. The number of halogens is 1. The van der Waals surface area contributed by atoms with E-state index >= 15 is 0 Å². The lowest BCUT2D eigenvalue weighted by Crippen LogP contribution is -2.31. The van der Waals surface area contributed by atoms with Crippen LogP contribution in [0, 0.1) is 13.8 Å². The minimum atomic E-state index is -0.875. The highest BCUT2D eigenvalue weighted by Crippen LogP contribution is 2.36. The summed E-state index contributed by atoms with van der Waals surface area (Å²) in [5, 5.41) is 3.45. The molecule has 31 heavy (non-hydrogen) atoms. The molecule has 0 unspecified atom stereocenters. The van der Waals surface area contributed by atoms with Crippen LogP contribution in [0.2, 0.25) is 5.02 Å². The minimum absolute atomic E-state index is 0.0845. The Bertz CT molecular complexity index is 1400. The summed E-state index contributed by atoms with van der Waals surface area (Å²) in [4.78, 5) is 47.9. The molecule has 4 aromatic rings. The van der Waals surface area contributed by atoms with Gasteiger partial charge in [0.1, 0.15) is 0 Å². The number of amides is 2. The second kappa shape index (κ2) is 6.95. The molecule has 2 aromatic heterocycles. The van der Waals surface area contributed by atoms with Gasteiger partial charge in [-0.05, 0) is 43.7 Å². The summed E-state index contributed by atoms with van der Waals surface area (Å²) in [6.07, 6.45) is -0.0845. The zero-order chi connectivity index (χ0) is 21.9. The fourth-order valence-corrected chi connectivity index (χ4v) is 4.28. The molecule has 1 atom stereocenters. The molecule has 0 spiro atoms. The van der Waals surface area contributed by atoms with E-state index in [1.807, 2.05) is 24.3 Å². The third kappa shape index (κ3) is 2.90. The number of nitrogens with zero attached hydrogens (tertiary/aromatic N) is 3. The average Bonchev–Trinajstić information content (AvgIpc) is 3.38. The van der Waals surface area contributed by atoms with E-state index in [2.05, 4.69) is 15.1 Å². The van der Waals surface area contributed by atoms with E-state index in [4.69, 9.17) is 11.6 Å². The van der Waals surface area contributed by atoms with Gasteiger partial charge in [-0.1, -0.05) is 29.8 Å². The van der Waals surface area contributed by atoms with Crippen molar-refractivity contribution in [1.29, 1.82) is 0 Å². The molecular formula is C22H18ClN5O3. The Labute approximate surface area is 181 Å². The van der Waals surface area contributed by atoms with Gasteiger partial charge in [-0.15, -0.1) is 0 Å².